The number of hydrogen-bond donors (Lipinski definition) is 1. The zero-order valence-corrected chi connectivity index (χ0v) is 18.1. The number of H-pyrrole nitrogens is 1. The van der Waals surface area contributed by atoms with E-state index >= 15 is 0 Å². The number of nitrogens with zero attached hydrogens (tertiary/aromatic N) is 5. The van der Waals surface area contributed by atoms with Gasteiger partial charge >= 0.3 is 0 Å². The summed E-state index contributed by atoms with van der Waals surface area (Å²) in [5, 5.41) is 15.0. The van der Waals surface area contributed by atoms with Crippen molar-refractivity contribution in [2.24, 2.45) is 7.05 Å². The summed E-state index contributed by atoms with van der Waals surface area (Å²) in [6, 6.07) is 14.4. The van der Waals surface area contributed by atoms with Gasteiger partial charge in [-0.05, 0) is 47.2 Å². The first kappa shape index (κ1) is 20.7. The van der Waals surface area contributed by atoms with Crippen LogP contribution in [0.2, 0.25) is 0 Å². The van der Waals surface area contributed by atoms with Gasteiger partial charge in [0.05, 0.1) is 0 Å². The van der Waals surface area contributed by atoms with Crippen LogP contribution in [0.15, 0.2) is 53.5 Å². The monoisotopic (exact) mass is 414 g/mol. The van der Waals surface area contributed by atoms with E-state index in [4.69, 9.17) is 0 Å². The van der Waals surface area contributed by atoms with Crippen LogP contribution < -0.4 is 5.56 Å². The summed E-state index contributed by atoms with van der Waals surface area (Å²) in [6.45, 7) is 4.01. The molecule has 0 spiro atoms. The second-order valence-corrected chi connectivity index (χ2v) is 7.70. The first-order valence-corrected chi connectivity index (χ1v) is 10.6. The molecule has 0 unspecified atom stereocenters. The van der Waals surface area contributed by atoms with Gasteiger partial charge in [-0.15, -0.1) is 10.2 Å². The largest absolute Gasteiger partial charge is 0.300 e. The van der Waals surface area contributed by atoms with Crippen molar-refractivity contribution in [1.82, 2.24) is 30.2 Å². The molecule has 158 valence electrons. The molecule has 2 heterocycles. The predicted octanol–water partition coefficient (Wildman–Crippen LogP) is 3.87. The minimum atomic E-state index is -0.0119. The number of nitrogens with one attached hydrogen (secondary N) is 1. The number of benzene rings is 2. The highest BCUT2D eigenvalue weighted by molar-refractivity contribution is 5.83. The van der Waals surface area contributed by atoms with Crippen molar-refractivity contribution in [3.8, 4) is 22.5 Å². The van der Waals surface area contributed by atoms with Gasteiger partial charge in [-0.2, -0.15) is 5.21 Å². The van der Waals surface area contributed by atoms with Crippen molar-refractivity contribution < 1.29 is 0 Å². The van der Waals surface area contributed by atoms with E-state index in [-0.39, 0.29) is 5.56 Å². The Morgan fingerprint density at radius 3 is 2.58 bits per heavy atom. The van der Waals surface area contributed by atoms with Crippen molar-refractivity contribution in [2.45, 2.75) is 39.5 Å². The van der Waals surface area contributed by atoms with Gasteiger partial charge in [0.15, 0.2) is 0 Å². The third-order valence-electron chi connectivity index (χ3n) is 5.70. The number of hydrogen-bond acceptors (Lipinski definition) is 5. The molecular weight excluding hydrogens is 388 g/mol. The first-order valence-electron chi connectivity index (χ1n) is 10.6. The summed E-state index contributed by atoms with van der Waals surface area (Å²) < 4.78 is 1.60. The maximum atomic E-state index is 12.8. The molecule has 7 nitrogen and oxygen atoms in total. The minimum Gasteiger partial charge on any atom is -0.300 e. The predicted molar refractivity (Wildman–Crippen MR) is 121 cm³/mol. The van der Waals surface area contributed by atoms with Gasteiger partial charge in [0.2, 0.25) is 5.82 Å². The molecule has 0 aliphatic rings. The quantitative estimate of drug-likeness (QED) is 0.496. The number of tetrazole rings is 1. The lowest BCUT2D eigenvalue weighted by Crippen LogP contribution is -2.24. The standard InChI is InChI=1S/C24H26N6O/c1-4-5-11-20-18(14-19-15-25-16(2)30(3)24(19)31)12-13-21(17-9-7-6-8-10-17)22(20)23-26-28-29-27-23/h6-10,12-13,15H,4-5,11,14H2,1-3H3,(H,26,27,28,29). The molecule has 4 aromatic rings. The molecule has 0 bridgehead atoms. The third kappa shape index (κ3) is 4.17. The van der Waals surface area contributed by atoms with Crippen molar-refractivity contribution in [1.29, 1.82) is 0 Å². The molecule has 31 heavy (non-hydrogen) atoms. The Morgan fingerprint density at radius 2 is 1.87 bits per heavy atom. The van der Waals surface area contributed by atoms with E-state index in [2.05, 4.69) is 56.8 Å². The molecule has 0 atom stereocenters. The van der Waals surface area contributed by atoms with Crippen LogP contribution >= 0.6 is 0 Å². The van der Waals surface area contributed by atoms with Crippen molar-refractivity contribution in [3.05, 3.63) is 81.5 Å². The number of aromatic amines is 1. The Kier molecular flexibility index (Phi) is 6.02. The lowest BCUT2D eigenvalue weighted by atomic mass is 9.87. The highest BCUT2D eigenvalue weighted by atomic mass is 16.1. The van der Waals surface area contributed by atoms with E-state index in [1.54, 1.807) is 17.8 Å². The molecule has 4 rings (SSSR count). The van der Waals surface area contributed by atoms with Gasteiger partial charge in [-0.1, -0.05) is 55.8 Å². The molecule has 2 aromatic carbocycles. The van der Waals surface area contributed by atoms with Crippen LogP contribution in [0.25, 0.3) is 22.5 Å². The van der Waals surface area contributed by atoms with E-state index in [0.717, 1.165) is 47.1 Å². The first-order chi connectivity index (χ1) is 15.1. The van der Waals surface area contributed by atoms with E-state index in [0.29, 0.717) is 23.6 Å². The van der Waals surface area contributed by atoms with Crippen LogP contribution in [-0.2, 0) is 19.9 Å². The molecule has 0 aliphatic heterocycles. The highest BCUT2D eigenvalue weighted by Gasteiger charge is 2.20. The molecule has 0 amide bonds. The zero-order valence-electron chi connectivity index (χ0n) is 18.1. The maximum absolute atomic E-state index is 12.8. The van der Waals surface area contributed by atoms with Gasteiger partial charge < -0.3 is 0 Å². The fraction of sp³-hybridized carbons (Fsp3) is 0.292. The fourth-order valence-electron chi connectivity index (χ4n) is 3.88. The Labute approximate surface area is 181 Å². The molecule has 1 N–H and O–H groups in total. The van der Waals surface area contributed by atoms with Gasteiger partial charge in [-0.25, -0.2) is 4.98 Å². The average molecular weight is 415 g/mol. The molecule has 0 saturated carbocycles. The Bertz CT molecular complexity index is 1230. The maximum Gasteiger partial charge on any atom is 0.256 e. The summed E-state index contributed by atoms with van der Waals surface area (Å²) >= 11 is 0. The summed E-state index contributed by atoms with van der Waals surface area (Å²) in [4.78, 5) is 17.2. The normalized spacial score (nSPS) is 11.1. The molecular formula is C24H26N6O. The van der Waals surface area contributed by atoms with E-state index < -0.39 is 0 Å². The second-order valence-electron chi connectivity index (χ2n) is 7.70. The third-order valence-corrected chi connectivity index (χ3v) is 5.70. The van der Waals surface area contributed by atoms with Crippen molar-refractivity contribution >= 4 is 0 Å². The van der Waals surface area contributed by atoms with Crippen LogP contribution in [0.3, 0.4) is 0 Å². The number of aryl methyl sites for hydroxylation is 1. The fourth-order valence-corrected chi connectivity index (χ4v) is 3.88. The summed E-state index contributed by atoms with van der Waals surface area (Å²) in [5.74, 6) is 1.27. The molecule has 0 radical (unpaired) electrons. The molecule has 2 aromatic heterocycles. The number of unbranched alkanes of at least 4 members (excludes halogenated alkanes) is 1. The molecule has 0 fully saturated rings. The lowest BCUT2D eigenvalue weighted by Gasteiger charge is -2.18. The van der Waals surface area contributed by atoms with Crippen LogP contribution in [0.4, 0.5) is 0 Å². The van der Waals surface area contributed by atoms with Crippen LogP contribution in [0.5, 0.6) is 0 Å². The summed E-state index contributed by atoms with van der Waals surface area (Å²) in [5.41, 5.74) is 6.05. The highest BCUT2D eigenvalue weighted by Crippen LogP contribution is 2.36. The second kappa shape index (κ2) is 9.04. The SMILES string of the molecule is CCCCc1c(Cc2cnc(C)n(C)c2=O)ccc(-c2ccccc2)c1-c1nn[nH]n1. The Balaban J connectivity index is 1.91. The van der Waals surface area contributed by atoms with Crippen LogP contribution in [0, 0.1) is 6.92 Å². The molecule has 7 heteroatoms. The Hall–Kier alpha value is -3.61. The smallest absolute Gasteiger partial charge is 0.256 e. The van der Waals surface area contributed by atoms with Gasteiger partial charge in [0, 0.05) is 30.8 Å². The van der Waals surface area contributed by atoms with Gasteiger partial charge in [-0.3, -0.25) is 9.36 Å². The summed E-state index contributed by atoms with van der Waals surface area (Å²) in [7, 11) is 1.76. The van der Waals surface area contributed by atoms with E-state index in [9.17, 15) is 4.79 Å². The van der Waals surface area contributed by atoms with E-state index in [1.165, 1.54) is 0 Å². The van der Waals surface area contributed by atoms with E-state index in [1.807, 2.05) is 25.1 Å². The van der Waals surface area contributed by atoms with Crippen molar-refractivity contribution in [3.63, 3.8) is 0 Å². The Morgan fingerprint density at radius 1 is 1.06 bits per heavy atom. The minimum absolute atomic E-state index is 0.0119. The van der Waals surface area contributed by atoms with Crippen LogP contribution in [0.1, 0.15) is 42.3 Å². The van der Waals surface area contributed by atoms with Gasteiger partial charge in [0.25, 0.3) is 5.56 Å². The van der Waals surface area contributed by atoms with Gasteiger partial charge in [0.1, 0.15) is 5.82 Å². The summed E-state index contributed by atoms with van der Waals surface area (Å²) in [6.07, 6.45) is 5.17. The van der Waals surface area contributed by atoms with Crippen molar-refractivity contribution in [2.75, 3.05) is 0 Å². The average Bonchev–Trinajstić information content (AvgIpc) is 3.33. The topological polar surface area (TPSA) is 89.4 Å². The number of rotatable bonds is 7. The molecule has 0 saturated heterocycles. The number of aromatic nitrogens is 6. The molecule has 0 aliphatic carbocycles. The lowest BCUT2D eigenvalue weighted by molar-refractivity contribution is 0.754. The van der Waals surface area contributed by atoms with Crippen LogP contribution in [-0.4, -0.2) is 30.2 Å². The zero-order chi connectivity index (χ0) is 21.8.